The number of hydrogen-bond donors (Lipinski definition) is 1. The summed E-state index contributed by atoms with van der Waals surface area (Å²) < 4.78 is 25.6. The zero-order chi connectivity index (χ0) is 15.1. The molecule has 0 spiro atoms. The van der Waals surface area contributed by atoms with Crippen LogP contribution in [-0.2, 0) is 9.84 Å². The van der Waals surface area contributed by atoms with Crippen molar-refractivity contribution in [3.8, 4) is 0 Å². The number of aliphatic hydroxyl groups excluding tert-OH is 1. The Hall–Kier alpha value is -0.870. The Morgan fingerprint density at radius 1 is 1.20 bits per heavy atom. The standard InChI is InChI=1S/C16H24O3S/c1-11-7-8-13(10-12(11)2)20(18,19)14-6-5-9-16(3,4)15(14)17/h7-8,10,14-15,17H,5-6,9H2,1-4H3. The molecule has 2 unspecified atom stereocenters. The summed E-state index contributed by atoms with van der Waals surface area (Å²) in [5, 5.41) is 9.75. The van der Waals surface area contributed by atoms with E-state index in [1.165, 1.54) is 0 Å². The van der Waals surface area contributed by atoms with Crippen LogP contribution in [0.4, 0.5) is 0 Å². The van der Waals surface area contributed by atoms with Gasteiger partial charge < -0.3 is 5.11 Å². The van der Waals surface area contributed by atoms with E-state index in [4.69, 9.17) is 0 Å². The molecule has 1 N–H and O–H groups in total. The molecule has 1 saturated carbocycles. The first-order chi connectivity index (χ1) is 9.16. The summed E-state index contributed by atoms with van der Waals surface area (Å²) in [5.74, 6) is 0. The second-order valence-electron chi connectivity index (χ2n) is 6.66. The van der Waals surface area contributed by atoms with E-state index in [9.17, 15) is 13.5 Å². The van der Waals surface area contributed by atoms with Crippen molar-refractivity contribution < 1.29 is 13.5 Å². The van der Waals surface area contributed by atoms with Crippen molar-refractivity contribution in [2.75, 3.05) is 0 Å². The van der Waals surface area contributed by atoms with Crippen molar-refractivity contribution in [2.24, 2.45) is 5.41 Å². The van der Waals surface area contributed by atoms with Gasteiger partial charge in [0.1, 0.15) is 0 Å². The van der Waals surface area contributed by atoms with Crippen LogP contribution in [0.3, 0.4) is 0 Å². The molecule has 112 valence electrons. The molecule has 1 fully saturated rings. The maximum Gasteiger partial charge on any atom is 0.183 e. The number of aryl methyl sites for hydroxylation is 2. The molecule has 1 aliphatic rings. The third-order valence-electron chi connectivity index (χ3n) is 4.67. The first-order valence-electron chi connectivity index (χ1n) is 7.15. The highest BCUT2D eigenvalue weighted by Gasteiger charge is 2.44. The monoisotopic (exact) mass is 296 g/mol. The fraction of sp³-hybridized carbons (Fsp3) is 0.625. The van der Waals surface area contributed by atoms with Crippen LogP contribution in [0.2, 0.25) is 0 Å². The van der Waals surface area contributed by atoms with Crippen LogP contribution >= 0.6 is 0 Å². The van der Waals surface area contributed by atoms with Gasteiger partial charge in [0.2, 0.25) is 0 Å². The Bertz CT molecular complexity index is 602. The van der Waals surface area contributed by atoms with Gasteiger partial charge in [0.15, 0.2) is 9.84 Å². The fourth-order valence-corrected chi connectivity index (χ4v) is 5.09. The Morgan fingerprint density at radius 2 is 1.85 bits per heavy atom. The fourth-order valence-electron chi connectivity index (χ4n) is 2.96. The minimum atomic E-state index is -3.47. The minimum absolute atomic E-state index is 0.336. The molecule has 1 aromatic carbocycles. The number of rotatable bonds is 2. The summed E-state index contributed by atoms with van der Waals surface area (Å²) >= 11 is 0. The van der Waals surface area contributed by atoms with E-state index < -0.39 is 21.2 Å². The maximum atomic E-state index is 12.8. The Balaban J connectivity index is 2.41. The van der Waals surface area contributed by atoms with Gasteiger partial charge in [-0.15, -0.1) is 0 Å². The van der Waals surface area contributed by atoms with Gasteiger partial charge in [-0.05, 0) is 55.4 Å². The molecule has 2 atom stereocenters. The lowest BCUT2D eigenvalue weighted by atomic mass is 9.75. The zero-order valence-electron chi connectivity index (χ0n) is 12.7. The topological polar surface area (TPSA) is 54.4 Å². The molecule has 1 aromatic rings. The van der Waals surface area contributed by atoms with Gasteiger partial charge in [-0.25, -0.2) is 8.42 Å². The van der Waals surface area contributed by atoms with Crippen LogP contribution in [0.25, 0.3) is 0 Å². The Kier molecular flexibility index (Phi) is 4.00. The highest BCUT2D eigenvalue weighted by Crippen LogP contribution is 2.40. The number of hydrogen-bond acceptors (Lipinski definition) is 3. The first kappa shape index (κ1) is 15.5. The van der Waals surface area contributed by atoms with Crippen LogP contribution in [0, 0.1) is 19.3 Å². The van der Waals surface area contributed by atoms with Crippen molar-refractivity contribution in [3.63, 3.8) is 0 Å². The molecule has 1 aliphatic carbocycles. The highest BCUT2D eigenvalue weighted by atomic mass is 32.2. The smallest absolute Gasteiger partial charge is 0.183 e. The molecule has 20 heavy (non-hydrogen) atoms. The quantitative estimate of drug-likeness (QED) is 0.912. The summed E-state index contributed by atoms with van der Waals surface area (Å²) in [4.78, 5) is 0.336. The number of sulfone groups is 1. The van der Waals surface area contributed by atoms with Gasteiger partial charge in [-0.3, -0.25) is 0 Å². The van der Waals surface area contributed by atoms with Crippen molar-refractivity contribution >= 4 is 9.84 Å². The van der Waals surface area contributed by atoms with E-state index >= 15 is 0 Å². The van der Waals surface area contributed by atoms with Crippen molar-refractivity contribution in [3.05, 3.63) is 29.3 Å². The lowest BCUT2D eigenvalue weighted by molar-refractivity contribution is 0.0167. The predicted octanol–water partition coefficient (Wildman–Crippen LogP) is 3.02. The van der Waals surface area contributed by atoms with Gasteiger partial charge in [0.25, 0.3) is 0 Å². The Labute approximate surface area is 121 Å². The molecule has 0 bridgehead atoms. The summed E-state index contributed by atoms with van der Waals surface area (Å²) in [6, 6.07) is 5.22. The van der Waals surface area contributed by atoms with Crippen molar-refractivity contribution in [1.82, 2.24) is 0 Å². The molecular formula is C16H24O3S. The second kappa shape index (κ2) is 5.15. The van der Waals surface area contributed by atoms with E-state index in [0.717, 1.165) is 24.0 Å². The summed E-state index contributed by atoms with van der Waals surface area (Å²) in [6.07, 6.45) is 1.45. The molecule has 0 aromatic heterocycles. The zero-order valence-corrected chi connectivity index (χ0v) is 13.5. The lowest BCUT2D eigenvalue weighted by Gasteiger charge is -2.40. The van der Waals surface area contributed by atoms with Crippen molar-refractivity contribution in [2.45, 2.75) is 63.2 Å². The normalized spacial score (nSPS) is 26.4. The summed E-state index contributed by atoms with van der Waals surface area (Å²) in [6.45, 7) is 7.76. The van der Waals surface area contributed by atoms with E-state index in [0.29, 0.717) is 11.3 Å². The molecule has 4 heteroatoms. The lowest BCUT2D eigenvalue weighted by Crippen LogP contribution is -2.47. The molecule has 0 saturated heterocycles. The summed E-state index contributed by atoms with van der Waals surface area (Å²) in [5.41, 5.74) is 1.71. The molecule has 0 radical (unpaired) electrons. The predicted molar refractivity (Wildman–Crippen MR) is 80.5 cm³/mol. The molecule has 3 nitrogen and oxygen atoms in total. The van der Waals surface area contributed by atoms with Gasteiger partial charge in [-0.2, -0.15) is 0 Å². The average Bonchev–Trinajstić information content (AvgIpc) is 2.35. The van der Waals surface area contributed by atoms with E-state index in [-0.39, 0.29) is 5.41 Å². The maximum absolute atomic E-state index is 12.8. The molecule has 2 rings (SSSR count). The van der Waals surface area contributed by atoms with Crippen molar-refractivity contribution in [1.29, 1.82) is 0 Å². The highest BCUT2D eigenvalue weighted by molar-refractivity contribution is 7.92. The third-order valence-corrected chi connectivity index (χ3v) is 6.87. The SMILES string of the molecule is Cc1ccc(S(=O)(=O)C2CCCC(C)(C)C2O)cc1C. The van der Waals surface area contributed by atoms with Gasteiger partial charge in [0.05, 0.1) is 16.2 Å². The molecule has 0 aliphatic heterocycles. The van der Waals surface area contributed by atoms with Crippen LogP contribution < -0.4 is 0 Å². The van der Waals surface area contributed by atoms with E-state index in [1.807, 2.05) is 33.8 Å². The van der Waals surface area contributed by atoms with Gasteiger partial charge in [0, 0.05) is 0 Å². The number of benzene rings is 1. The average molecular weight is 296 g/mol. The van der Waals surface area contributed by atoms with Crippen LogP contribution in [-0.4, -0.2) is 24.9 Å². The van der Waals surface area contributed by atoms with Crippen LogP contribution in [0.1, 0.15) is 44.2 Å². The van der Waals surface area contributed by atoms with Gasteiger partial charge in [-0.1, -0.05) is 26.3 Å². The van der Waals surface area contributed by atoms with Crippen LogP contribution in [0.15, 0.2) is 23.1 Å². The molecular weight excluding hydrogens is 272 g/mol. The minimum Gasteiger partial charge on any atom is -0.391 e. The molecule has 0 amide bonds. The van der Waals surface area contributed by atoms with E-state index in [1.54, 1.807) is 12.1 Å². The third kappa shape index (κ3) is 2.63. The summed E-state index contributed by atoms with van der Waals surface area (Å²) in [7, 11) is -3.47. The van der Waals surface area contributed by atoms with Gasteiger partial charge >= 0.3 is 0 Å². The van der Waals surface area contributed by atoms with E-state index in [2.05, 4.69) is 0 Å². The number of aliphatic hydroxyl groups is 1. The first-order valence-corrected chi connectivity index (χ1v) is 8.70. The second-order valence-corrected chi connectivity index (χ2v) is 8.82. The Morgan fingerprint density at radius 3 is 2.45 bits per heavy atom. The largest absolute Gasteiger partial charge is 0.391 e. The van der Waals surface area contributed by atoms with Crippen LogP contribution in [0.5, 0.6) is 0 Å². The molecule has 0 heterocycles.